The Kier molecular flexibility index (Phi) is 11.5. The quantitative estimate of drug-likeness (QED) is 0.326. The summed E-state index contributed by atoms with van der Waals surface area (Å²) >= 11 is 0. The number of aliphatic carboxylic acids is 1. The Morgan fingerprint density at radius 3 is 2.58 bits per heavy atom. The standard InChI is InChI=1S/C22H38O4/c1-3-4-8-11-17(2)14-15-19-18(20(23)16-21(19)24)12-9-6-5-7-10-13-22(25)26/h6,9,14-15,17-21,23-24H,3-5,7-8,10-13,16H2,1-2H3,(H,25,26)/b9-6-,15-14-/t17-,18+,19+,20-,21+/m0/s1. The van der Waals surface area contributed by atoms with Crippen molar-refractivity contribution in [1.29, 1.82) is 0 Å². The molecular formula is C22H38O4. The maximum absolute atomic E-state index is 10.5. The third kappa shape index (κ3) is 9.00. The van der Waals surface area contributed by atoms with Crippen LogP contribution in [-0.2, 0) is 4.79 Å². The molecule has 0 spiro atoms. The molecule has 4 heteroatoms. The first kappa shape index (κ1) is 22.9. The molecule has 150 valence electrons. The van der Waals surface area contributed by atoms with Gasteiger partial charge in [0.2, 0.25) is 0 Å². The van der Waals surface area contributed by atoms with Gasteiger partial charge in [0, 0.05) is 18.8 Å². The van der Waals surface area contributed by atoms with Crippen molar-refractivity contribution in [2.45, 2.75) is 90.3 Å². The molecule has 5 atom stereocenters. The van der Waals surface area contributed by atoms with Gasteiger partial charge in [0.25, 0.3) is 0 Å². The van der Waals surface area contributed by atoms with Crippen LogP contribution in [0.4, 0.5) is 0 Å². The van der Waals surface area contributed by atoms with E-state index in [0.29, 0.717) is 18.8 Å². The van der Waals surface area contributed by atoms with Crippen molar-refractivity contribution in [3.63, 3.8) is 0 Å². The molecule has 0 heterocycles. The zero-order chi connectivity index (χ0) is 19.4. The average molecular weight is 367 g/mol. The monoisotopic (exact) mass is 366 g/mol. The number of aliphatic hydroxyl groups is 2. The second-order valence-electron chi connectivity index (χ2n) is 7.82. The molecule has 0 amide bonds. The third-order valence-corrected chi connectivity index (χ3v) is 5.43. The fourth-order valence-corrected chi connectivity index (χ4v) is 3.75. The summed E-state index contributed by atoms with van der Waals surface area (Å²) in [7, 11) is 0. The van der Waals surface area contributed by atoms with Crippen LogP contribution in [0.3, 0.4) is 0 Å². The van der Waals surface area contributed by atoms with Gasteiger partial charge >= 0.3 is 5.97 Å². The molecule has 3 N–H and O–H groups in total. The Morgan fingerprint density at radius 2 is 1.88 bits per heavy atom. The molecule has 0 unspecified atom stereocenters. The molecule has 4 nitrogen and oxygen atoms in total. The van der Waals surface area contributed by atoms with E-state index in [1.54, 1.807) is 0 Å². The lowest BCUT2D eigenvalue weighted by Gasteiger charge is -2.19. The Balaban J connectivity index is 2.42. The number of hydrogen-bond donors (Lipinski definition) is 3. The molecule has 0 aromatic heterocycles. The highest BCUT2D eigenvalue weighted by Crippen LogP contribution is 2.36. The van der Waals surface area contributed by atoms with E-state index in [1.165, 1.54) is 25.7 Å². The van der Waals surface area contributed by atoms with Gasteiger partial charge in [-0.1, -0.05) is 57.4 Å². The third-order valence-electron chi connectivity index (χ3n) is 5.43. The van der Waals surface area contributed by atoms with Crippen molar-refractivity contribution in [1.82, 2.24) is 0 Å². The molecule has 26 heavy (non-hydrogen) atoms. The minimum atomic E-state index is -0.740. The van der Waals surface area contributed by atoms with Crippen LogP contribution in [0.2, 0.25) is 0 Å². The van der Waals surface area contributed by atoms with Crippen LogP contribution in [0.5, 0.6) is 0 Å². The van der Waals surface area contributed by atoms with E-state index in [1.807, 2.05) is 0 Å². The zero-order valence-corrected chi connectivity index (χ0v) is 16.5. The Labute approximate surface area is 159 Å². The van der Waals surface area contributed by atoms with E-state index >= 15 is 0 Å². The maximum atomic E-state index is 10.5. The van der Waals surface area contributed by atoms with Crippen LogP contribution >= 0.6 is 0 Å². The second kappa shape index (κ2) is 13.1. The molecule has 1 fully saturated rings. The Morgan fingerprint density at radius 1 is 1.12 bits per heavy atom. The van der Waals surface area contributed by atoms with E-state index in [4.69, 9.17) is 5.11 Å². The molecule has 0 aromatic rings. The van der Waals surface area contributed by atoms with Crippen LogP contribution in [0.1, 0.15) is 78.1 Å². The number of rotatable bonds is 13. The molecule has 0 aliphatic heterocycles. The van der Waals surface area contributed by atoms with Crippen molar-refractivity contribution in [2.24, 2.45) is 17.8 Å². The average Bonchev–Trinajstić information content (AvgIpc) is 2.85. The predicted octanol–water partition coefficient (Wildman–Crippen LogP) is 4.71. The SMILES string of the molecule is CCCCC[C@H](C)/C=C\[C@@H]1[C@@H](C/C=C\CCCCC(=O)O)[C@@H](O)C[C@H]1O. The van der Waals surface area contributed by atoms with Crippen molar-refractivity contribution in [2.75, 3.05) is 0 Å². The number of allylic oxidation sites excluding steroid dienone is 3. The molecule has 1 saturated carbocycles. The van der Waals surface area contributed by atoms with Crippen LogP contribution in [0, 0.1) is 17.8 Å². The molecule has 0 bridgehead atoms. The summed E-state index contributed by atoms with van der Waals surface area (Å²) in [6, 6.07) is 0. The minimum Gasteiger partial charge on any atom is -0.481 e. The minimum absolute atomic E-state index is 0.0234. The number of hydrogen-bond acceptors (Lipinski definition) is 3. The molecule has 0 saturated heterocycles. The van der Waals surface area contributed by atoms with Crippen molar-refractivity contribution in [3.8, 4) is 0 Å². The predicted molar refractivity (Wildman–Crippen MR) is 106 cm³/mol. The van der Waals surface area contributed by atoms with Crippen molar-refractivity contribution < 1.29 is 20.1 Å². The molecule has 1 aliphatic carbocycles. The summed E-state index contributed by atoms with van der Waals surface area (Å²) in [4.78, 5) is 10.5. The van der Waals surface area contributed by atoms with Gasteiger partial charge in [0.1, 0.15) is 0 Å². The largest absolute Gasteiger partial charge is 0.481 e. The fraction of sp³-hybridized carbons (Fsp3) is 0.773. The number of carboxylic acid groups (broad SMARTS) is 1. The molecule has 0 radical (unpaired) electrons. The normalized spacial score (nSPS) is 27.5. The molecule has 1 aliphatic rings. The van der Waals surface area contributed by atoms with E-state index in [-0.39, 0.29) is 18.3 Å². The van der Waals surface area contributed by atoms with Crippen molar-refractivity contribution >= 4 is 5.97 Å². The van der Waals surface area contributed by atoms with E-state index in [2.05, 4.69) is 38.2 Å². The van der Waals surface area contributed by atoms with Gasteiger partial charge in [-0.2, -0.15) is 0 Å². The zero-order valence-electron chi connectivity index (χ0n) is 16.5. The number of unbranched alkanes of at least 4 members (excludes halogenated alkanes) is 4. The molecular weight excluding hydrogens is 328 g/mol. The Bertz CT molecular complexity index is 443. The smallest absolute Gasteiger partial charge is 0.303 e. The molecule has 0 aromatic carbocycles. The maximum Gasteiger partial charge on any atom is 0.303 e. The number of carboxylic acids is 1. The van der Waals surface area contributed by atoms with Gasteiger partial charge in [0.15, 0.2) is 0 Å². The number of aliphatic hydroxyl groups excluding tert-OH is 2. The highest BCUT2D eigenvalue weighted by Gasteiger charge is 2.39. The van der Waals surface area contributed by atoms with E-state index < -0.39 is 18.2 Å². The number of carbonyl (C=O) groups is 1. The highest BCUT2D eigenvalue weighted by molar-refractivity contribution is 5.66. The van der Waals surface area contributed by atoms with Gasteiger partial charge in [-0.25, -0.2) is 0 Å². The first-order valence-corrected chi connectivity index (χ1v) is 10.4. The van der Waals surface area contributed by atoms with Gasteiger partial charge in [-0.05, 0) is 43.9 Å². The van der Waals surface area contributed by atoms with Crippen molar-refractivity contribution in [3.05, 3.63) is 24.3 Å². The van der Waals surface area contributed by atoms with Gasteiger partial charge < -0.3 is 15.3 Å². The van der Waals surface area contributed by atoms with E-state index in [9.17, 15) is 15.0 Å². The van der Waals surface area contributed by atoms with E-state index in [0.717, 1.165) is 19.3 Å². The highest BCUT2D eigenvalue weighted by atomic mass is 16.4. The first-order chi connectivity index (χ1) is 12.5. The Hall–Kier alpha value is -1.13. The molecule has 1 rings (SSSR count). The van der Waals surface area contributed by atoms with Crippen LogP contribution in [0.25, 0.3) is 0 Å². The van der Waals surface area contributed by atoms with Crippen LogP contribution in [-0.4, -0.2) is 33.5 Å². The fourth-order valence-electron chi connectivity index (χ4n) is 3.75. The lowest BCUT2D eigenvalue weighted by molar-refractivity contribution is -0.137. The summed E-state index contributed by atoms with van der Waals surface area (Å²) in [5.41, 5.74) is 0. The van der Waals surface area contributed by atoms with Crippen LogP contribution < -0.4 is 0 Å². The van der Waals surface area contributed by atoms with Gasteiger partial charge in [0.05, 0.1) is 12.2 Å². The van der Waals surface area contributed by atoms with Gasteiger partial charge in [-0.3, -0.25) is 4.79 Å². The summed E-state index contributed by atoms with van der Waals surface area (Å²) in [5, 5.41) is 29.2. The topological polar surface area (TPSA) is 77.8 Å². The second-order valence-corrected chi connectivity index (χ2v) is 7.82. The summed E-state index contributed by atoms with van der Waals surface area (Å²) in [6.45, 7) is 4.43. The van der Waals surface area contributed by atoms with Gasteiger partial charge in [-0.15, -0.1) is 0 Å². The van der Waals surface area contributed by atoms with Crippen LogP contribution in [0.15, 0.2) is 24.3 Å². The first-order valence-electron chi connectivity index (χ1n) is 10.4. The lowest BCUT2D eigenvalue weighted by Crippen LogP contribution is -2.20. The summed E-state index contributed by atoms with van der Waals surface area (Å²) in [6.07, 6.45) is 16.4. The lowest BCUT2D eigenvalue weighted by atomic mass is 9.88. The summed E-state index contributed by atoms with van der Waals surface area (Å²) < 4.78 is 0. The summed E-state index contributed by atoms with van der Waals surface area (Å²) in [5.74, 6) is -0.137.